The molecule has 0 saturated heterocycles. The smallest absolute Gasteiger partial charge is 0.138 e. The SMILES string of the molecule is CC1(C)C[C@H](O)[C@]2(CO)[C@H](O)[C@H](O)[C@]3(C)C(=CC[C@H]4[C@@]5(C)CCC(=O)C(C)(C)[C@H]5CC[C@]43C)[C@@H]2C1. The number of hydrogen-bond donors (Lipinski definition) is 4. The number of fused-ring (bicyclic) bond motifs is 7. The number of aliphatic hydroxyl groups excluding tert-OH is 4. The van der Waals surface area contributed by atoms with E-state index in [4.69, 9.17) is 0 Å². The molecule has 0 radical (unpaired) electrons. The van der Waals surface area contributed by atoms with Gasteiger partial charge in [-0.3, -0.25) is 4.79 Å². The molecule has 198 valence electrons. The summed E-state index contributed by atoms with van der Waals surface area (Å²) in [5.41, 5.74) is -1.39. The Labute approximate surface area is 211 Å². The van der Waals surface area contributed by atoms with Crippen LogP contribution in [0, 0.1) is 50.2 Å². The van der Waals surface area contributed by atoms with E-state index in [2.05, 4.69) is 54.5 Å². The molecular weight excluding hydrogens is 440 g/mol. The van der Waals surface area contributed by atoms with Crippen molar-refractivity contribution >= 4 is 5.78 Å². The van der Waals surface area contributed by atoms with Gasteiger partial charge in [0.05, 0.1) is 30.3 Å². The Balaban J connectivity index is 1.67. The molecule has 4 saturated carbocycles. The van der Waals surface area contributed by atoms with Crippen molar-refractivity contribution < 1.29 is 25.2 Å². The van der Waals surface area contributed by atoms with Crippen molar-refractivity contribution in [3.05, 3.63) is 11.6 Å². The molecule has 0 heterocycles. The Morgan fingerprint density at radius 2 is 1.57 bits per heavy atom. The summed E-state index contributed by atoms with van der Waals surface area (Å²) in [4.78, 5) is 12.9. The first-order valence-electron chi connectivity index (χ1n) is 13.9. The van der Waals surface area contributed by atoms with Crippen molar-refractivity contribution in [3.63, 3.8) is 0 Å². The first-order chi connectivity index (χ1) is 16.0. The van der Waals surface area contributed by atoms with Gasteiger partial charge in [0.25, 0.3) is 0 Å². The molecule has 4 fully saturated rings. The monoisotopic (exact) mass is 488 g/mol. The number of carbonyl (C=O) groups excluding carboxylic acids is 1. The molecule has 5 aliphatic rings. The van der Waals surface area contributed by atoms with E-state index in [9.17, 15) is 25.2 Å². The van der Waals surface area contributed by atoms with E-state index in [-0.39, 0.29) is 34.2 Å². The van der Waals surface area contributed by atoms with E-state index < -0.39 is 29.1 Å². The number of ketones is 1. The number of rotatable bonds is 1. The second-order valence-electron chi connectivity index (χ2n) is 15.1. The maximum Gasteiger partial charge on any atom is 0.138 e. The molecular formula is C30H48O5. The molecule has 35 heavy (non-hydrogen) atoms. The van der Waals surface area contributed by atoms with Crippen LogP contribution in [0.3, 0.4) is 0 Å². The topological polar surface area (TPSA) is 98.0 Å². The third-order valence-corrected chi connectivity index (χ3v) is 13.0. The second kappa shape index (κ2) is 7.42. The first-order valence-corrected chi connectivity index (χ1v) is 13.9. The average Bonchev–Trinajstić information content (AvgIpc) is 2.75. The van der Waals surface area contributed by atoms with Gasteiger partial charge >= 0.3 is 0 Å². The van der Waals surface area contributed by atoms with Crippen LogP contribution in [0.1, 0.15) is 93.4 Å². The summed E-state index contributed by atoms with van der Waals surface area (Å²) in [7, 11) is 0. The van der Waals surface area contributed by atoms with Crippen molar-refractivity contribution in [3.8, 4) is 0 Å². The highest BCUT2D eigenvalue weighted by Crippen LogP contribution is 2.75. The van der Waals surface area contributed by atoms with E-state index in [0.717, 1.165) is 37.7 Å². The van der Waals surface area contributed by atoms with Crippen LogP contribution < -0.4 is 0 Å². The Morgan fingerprint density at radius 3 is 2.20 bits per heavy atom. The molecule has 5 rings (SSSR count). The van der Waals surface area contributed by atoms with Crippen molar-refractivity contribution in [2.75, 3.05) is 6.61 Å². The Kier molecular flexibility index (Phi) is 5.49. The summed E-state index contributed by atoms with van der Waals surface area (Å²) in [5, 5.41) is 45.7. The third-order valence-electron chi connectivity index (χ3n) is 13.0. The van der Waals surface area contributed by atoms with E-state index in [1.807, 2.05) is 0 Å². The quantitative estimate of drug-likeness (QED) is 0.414. The van der Waals surface area contributed by atoms with Gasteiger partial charge in [0.15, 0.2) is 0 Å². The van der Waals surface area contributed by atoms with Crippen molar-refractivity contribution in [2.24, 2.45) is 50.2 Å². The summed E-state index contributed by atoms with van der Waals surface area (Å²) in [6.07, 6.45) is 4.68. The highest BCUT2D eigenvalue weighted by molar-refractivity contribution is 5.85. The summed E-state index contributed by atoms with van der Waals surface area (Å²) >= 11 is 0. The standard InChI is InChI=1S/C30H48O5/c1-25(2)14-18-17-8-9-20-27(5)12-11-21(32)26(3,4)19(27)10-13-28(20,6)29(17,7)23(34)24(35)30(18,16-31)22(33)15-25/h8,18-20,22-24,31,33-35H,9-16H2,1-7H3/t18-,19+,20-,22-,23-,24+,27-,28+,29-,30+/m0/s1. The fourth-order valence-electron chi connectivity index (χ4n) is 10.8. The number of allylic oxidation sites excluding steroid dienone is 1. The number of aliphatic hydroxyl groups is 4. The number of carbonyl (C=O) groups is 1. The van der Waals surface area contributed by atoms with E-state index in [1.54, 1.807) is 0 Å². The van der Waals surface area contributed by atoms with Crippen LogP contribution in [-0.4, -0.2) is 51.1 Å². The van der Waals surface area contributed by atoms with Crippen LogP contribution in [0.2, 0.25) is 0 Å². The zero-order valence-electron chi connectivity index (χ0n) is 22.9. The van der Waals surface area contributed by atoms with Gasteiger partial charge in [-0.1, -0.05) is 60.1 Å². The van der Waals surface area contributed by atoms with E-state index in [1.165, 1.54) is 0 Å². The lowest BCUT2D eigenvalue weighted by Crippen LogP contribution is -2.74. The molecule has 0 aromatic carbocycles. The molecule has 0 amide bonds. The van der Waals surface area contributed by atoms with Crippen LogP contribution in [-0.2, 0) is 4.79 Å². The van der Waals surface area contributed by atoms with Gasteiger partial charge in [-0.15, -0.1) is 0 Å². The highest BCUT2D eigenvalue weighted by Gasteiger charge is 2.73. The summed E-state index contributed by atoms with van der Waals surface area (Å²) in [6, 6.07) is 0. The predicted molar refractivity (Wildman–Crippen MR) is 135 cm³/mol. The zero-order valence-corrected chi connectivity index (χ0v) is 22.9. The minimum absolute atomic E-state index is 0.0169. The maximum absolute atomic E-state index is 12.9. The molecule has 0 aromatic heterocycles. The van der Waals surface area contributed by atoms with Crippen molar-refractivity contribution in [1.82, 2.24) is 0 Å². The summed E-state index contributed by atoms with van der Waals surface area (Å²) < 4.78 is 0. The highest BCUT2D eigenvalue weighted by atomic mass is 16.3. The van der Waals surface area contributed by atoms with Crippen LogP contribution in [0.4, 0.5) is 0 Å². The molecule has 4 N–H and O–H groups in total. The van der Waals surface area contributed by atoms with Gasteiger partial charge in [0, 0.05) is 17.3 Å². The third kappa shape index (κ3) is 2.88. The summed E-state index contributed by atoms with van der Waals surface area (Å²) in [5.74, 6) is 0.800. The lowest BCUT2D eigenvalue weighted by Gasteiger charge is -2.72. The van der Waals surface area contributed by atoms with Crippen LogP contribution in [0.5, 0.6) is 0 Å². The number of Topliss-reactive ketones (excluding diaryl/α,β-unsaturated/α-hetero) is 1. The summed E-state index contributed by atoms with van der Waals surface area (Å²) in [6.45, 7) is 15.1. The van der Waals surface area contributed by atoms with Gasteiger partial charge in [0.2, 0.25) is 0 Å². The van der Waals surface area contributed by atoms with Crippen LogP contribution >= 0.6 is 0 Å². The van der Waals surface area contributed by atoms with Crippen LogP contribution in [0.15, 0.2) is 11.6 Å². The zero-order chi connectivity index (χ0) is 26.0. The normalized spacial score (nSPS) is 54.6. The molecule has 0 spiro atoms. The molecule has 0 unspecified atom stereocenters. The van der Waals surface area contributed by atoms with E-state index in [0.29, 0.717) is 30.5 Å². The molecule has 5 aliphatic carbocycles. The molecule has 0 aliphatic heterocycles. The number of hydrogen-bond acceptors (Lipinski definition) is 5. The maximum atomic E-state index is 12.9. The fourth-order valence-corrected chi connectivity index (χ4v) is 10.8. The Hall–Kier alpha value is -0.750. The van der Waals surface area contributed by atoms with Gasteiger partial charge in [-0.25, -0.2) is 0 Å². The second-order valence-corrected chi connectivity index (χ2v) is 15.1. The van der Waals surface area contributed by atoms with Gasteiger partial charge in [-0.2, -0.15) is 0 Å². The molecule has 5 heteroatoms. The van der Waals surface area contributed by atoms with E-state index >= 15 is 0 Å². The largest absolute Gasteiger partial charge is 0.396 e. The van der Waals surface area contributed by atoms with Gasteiger partial charge < -0.3 is 20.4 Å². The Bertz CT molecular complexity index is 952. The predicted octanol–water partition coefficient (Wildman–Crippen LogP) is 4.26. The Morgan fingerprint density at radius 1 is 0.914 bits per heavy atom. The lowest BCUT2D eigenvalue weighted by molar-refractivity contribution is -0.267. The minimum Gasteiger partial charge on any atom is -0.396 e. The van der Waals surface area contributed by atoms with Crippen molar-refractivity contribution in [1.29, 1.82) is 0 Å². The average molecular weight is 489 g/mol. The first kappa shape index (κ1) is 25.9. The van der Waals surface area contributed by atoms with Gasteiger partial charge in [-0.05, 0) is 72.5 Å². The molecule has 5 nitrogen and oxygen atoms in total. The lowest BCUT2D eigenvalue weighted by atomic mass is 9.32. The van der Waals surface area contributed by atoms with Gasteiger partial charge in [0.1, 0.15) is 5.78 Å². The minimum atomic E-state index is -1.20. The molecule has 0 aromatic rings. The molecule has 10 atom stereocenters. The molecule has 0 bridgehead atoms. The van der Waals surface area contributed by atoms with Crippen LogP contribution in [0.25, 0.3) is 0 Å². The fraction of sp³-hybridized carbons (Fsp3) is 0.900. The van der Waals surface area contributed by atoms with Crippen molar-refractivity contribution in [2.45, 2.75) is 112 Å².